The molecule has 56 valence electrons. The van der Waals surface area contributed by atoms with E-state index in [2.05, 4.69) is 21.9 Å². The van der Waals surface area contributed by atoms with E-state index in [1.165, 1.54) is 0 Å². The third kappa shape index (κ3) is 8.62. The summed E-state index contributed by atoms with van der Waals surface area (Å²) in [6, 6.07) is 0. The summed E-state index contributed by atoms with van der Waals surface area (Å²) in [5, 5.41) is 0. The van der Waals surface area contributed by atoms with Crippen LogP contribution in [0.25, 0.3) is 0 Å². The molecule has 0 unspecified atom stereocenters. The minimum Gasteiger partial charge on any atom is -0.187 e. The predicted octanol–water partition coefficient (Wildman–Crippen LogP) is 2.59. The minimum atomic E-state index is -5.16. The smallest absolute Gasteiger partial charge is 0.187 e. The first-order valence-corrected chi connectivity index (χ1v) is 6.07. The Morgan fingerprint density at radius 1 is 1.44 bits per heavy atom. The molecule has 0 atom stereocenters. The Balaban J connectivity index is 4.76. The highest BCUT2D eigenvalue weighted by molar-refractivity contribution is 8.15. The van der Waals surface area contributed by atoms with Crippen LogP contribution in [-0.4, -0.2) is 8.42 Å². The molecule has 0 aromatic carbocycles. The van der Waals surface area contributed by atoms with Gasteiger partial charge in [0.2, 0.25) is 0 Å². The molecule has 0 radical (unpaired) electrons. The molecule has 0 fully saturated rings. The fourth-order valence-electron chi connectivity index (χ4n) is 0.111. The van der Waals surface area contributed by atoms with Crippen molar-refractivity contribution in [1.29, 1.82) is 0 Å². The van der Waals surface area contributed by atoms with Gasteiger partial charge in [0, 0.05) is 10.7 Å². The largest absolute Gasteiger partial charge is 0.399 e. The molecule has 0 aliphatic heterocycles. The SMILES string of the molecule is O=S(=O)(Cl)N=P(F)(F)Cl. The Labute approximate surface area is 59.6 Å². The Morgan fingerprint density at radius 3 is 1.78 bits per heavy atom. The number of hydrogen-bond donors (Lipinski definition) is 0. The fourth-order valence-corrected chi connectivity index (χ4v) is 2.71. The quantitative estimate of drug-likeness (QED) is 0.501. The summed E-state index contributed by atoms with van der Waals surface area (Å²) in [5.41, 5.74) is 0. The molecule has 0 aliphatic rings. The first-order chi connectivity index (χ1) is 3.71. The summed E-state index contributed by atoms with van der Waals surface area (Å²) in [6.45, 7) is 0. The average molecular weight is 218 g/mol. The normalized spacial score (nSPS) is 13.3. The van der Waals surface area contributed by atoms with Gasteiger partial charge in [0.15, 0.2) is 0 Å². The molecule has 3 nitrogen and oxygen atoms in total. The molecule has 0 heterocycles. The average Bonchev–Trinajstić information content (AvgIpc) is 1.14. The summed E-state index contributed by atoms with van der Waals surface area (Å²) in [5.74, 6) is 0. The standard InChI is InChI=1S/Cl2F2NO2PS/c1-8(3,4)5-9(2,6)7. The topological polar surface area (TPSA) is 46.5 Å². The summed E-state index contributed by atoms with van der Waals surface area (Å²) >= 11 is 4.17. The number of rotatable bonds is 1. The van der Waals surface area contributed by atoms with E-state index in [4.69, 9.17) is 0 Å². The predicted molar refractivity (Wildman–Crippen MR) is 32.2 cm³/mol. The lowest BCUT2D eigenvalue weighted by Crippen LogP contribution is -1.76. The van der Waals surface area contributed by atoms with Gasteiger partial charge < -0.3 is 0 Å². The van der Waals surface area contributed by atoms with Crippen LogP contribution in [0.5, 0.6) is 0 Å². The van der Waals surface area contributed by atoms with Crippen LogP contribution in [0.15, 0.2) is 4.15 Å². The molecule has 0 saturated heterocycles. The molecule has 0 N–H and O–H groups in total. The number of hydrogen-bond acceptors (Lipinski definition) is 2. The molecule has 0 spiro atoms. The van der Waals surface area contributed by atoms with Gasteiger partial charge in [-0.3, -0.25) is 0 Å². The third-order valence-electron chi connectivity index (χ3n) is 0.190. The second-order valence-corrected chi connectivity index (χ2v) is 5.62. The molecule has 9 heteroatoms. The minimum absolute atomic E-state index is 1.82. The van der Waals surface area contributed by atoms with Crippen molar-refractivity contribution in [2.24, 2.45) is 4.15 Å². The zero-order valence-corrected chi connectivity index (χ0v) is 6.85. The van der Waals surface area contributed by atoms with Gasteiger partial charge in [0.05, 0.1) is 0 Å². The molecule has 9 heavy (non-hydrogen) atoms. The first kappa shape index (κ1) is 9.62. The van der Waals surface area contributed by atoms with E-state index in [0.717, 1.165) is 0 Å². The second-order valence-electron chi connectivity index (χ2n) is 0.912. The van der Waals surface area contributed by atoms with Gasteiger partial charge in [-0.15, -0.1) is 0 Å². The van der Waals surface area contributed by atoms with Crippen molar-refractivity contribution in [1.82, 2.24) is 0 Å². The van der Waals surface area contributed by atoms with Crippen molar-refractivity contribution < 1.29 is 16.8 Å². The maximum atomic E-state index is 11.5. The van der Waals surface area contributed by atoms with Gasteiger partial charge in [-0.1, -0.05) is 4.15 Å². The second kappa shape index (κ2) is 2.70. The molecule has 0 saturated carbocycles. The molecule has 0 amide bonds. The van der Waals surface area contributed by atoms with E-state index in [1.807, 2.05) is 4.15 Å². The zero-order chi connectivity index (χ0) is 7.71. The van der Waals surface area contributed by atoms with Gasteiger partial charge in [0.25, 0.3) is 0 Å². The first-order valence-electron chi connectivity index (χ1n) is 1.38. The van der Waals surface area contributed by atoms with Crippen LogP contribution in [0.2, 0.25) is 0 Å². The molecule has 0 aliphatic carbocycles. The van der Waals surface area contributed by atoms with Crippen LogP contribution in [-0.2, 0) is 9.24 Å². The molecule has 0 aromatic heterocycles. The number of halogens is 4. The van der Waals surface area contributed by atoms with Gasteiger partial charge in [0.1, 0.15) is 0 Å². The van der Waals surface area contributed by atoms with Crippen molar-refractivity contribution in [2.75, 3.05) is 0 Å². The highest BCUT2D eigenvalue weighted by Gasteiger charge is 2.16. The lowest BCUT2D eigenvalue weighted by atomic mass is 13.9. The van der Waals surface area contributed by atoms with E-state index in [0.29, 0.717) is 0 Å². The number of nitrogens with zero attached hydrogens (tertiary/aromatic N) is 1. The van der Waals surface area contributed by atoms with Crippen molar-refractivity contribution in [3.63, 3.8) is 0 Å². The van der Waals surface area contributed by atoms with E-state index < -0.39 is 16.3 Å². The van der Waals surface area contributed by atoms with Gasteiger partial charge in [-0.05, 0) is 11.2 Å². The molecule has 0 rings (SSSR count). The van der Waals surface area contributed by atoms with Crippen LogP contribution in [0.4, 0.5) is 8.39 Å². The lowest BCUT2D eigenvalue weighted by molar-refractivity contribution is 0.610. The van der Waals surface area contributed by atoms with Crippen LogP contribution in [0.3, 0.4) is 0 Å². The van der Waals surface area contributed by atoms with E-state index >= 15 is 0 Å². The van der Waals surface area contributed by atoms with Crippen LogP contribution in [0, 0.1) is 0 Å². The van der Waals surface area contributed by atoms with Gasteiger partial charge >= 0.3 is 16.3 Å². The molecule has 0 aromatic rings. The Hall–Kier alpha value is 0.620. The van der Waals surface area contributed by atoms with Crippen LogP contribution < -0.4 is 0 Å². The van der Waals surface area contributed by atoms with Crippen molar-refractivity contribution in [3.05, 3.63) is 0 Å². The fraction of sp³-hybridized carbons (Fsp3) is 0. The maximum absolute atomic E-state index is 11.5. The summed E-state index contributed by atoms with van der Waals surface area (Å²) in [6.07, 6.45) is 0. The van der Waals surface area contributed by atoms with Crippen molar-refractivity contribution in [2.45, 2.75) is 0 Å². The van der Waals surface area contributed by atoms with Gasteiger partial charge in [-0.25, -0.2) is 0 Å². The van der Waals surface area contributed by atoms with Crippen molar-refractivity contribution >= 4 is 38.2 Å². The maximum Gasteiger partial charge on any atom is 0.399 e. The zero-order valence-electron chi connectivity index (χ0n) is 3.63. The lowest BCUT2D eigenvalue weighted by Gasteiger charge is -1.87. The summed E-state index contributed by atoms with van der Waals surface area (Å²) < 4.78 is 44.2. The highest BCUT2D eigenvalue weighted by atomic mass is 35.7. The highest BCUT2D eigenvalue weighted by Crippen LogP contribution is 2.59. The molecule has 0 bridgehead atoms. The van der Waals surface area contributed by atoms with Crippen molar-refractivity contribution in [3.8, 4) is 0 Å². The van der Waals surface area contributed by atoms with E-state index in [-0.39, 0.29) is 0 Å². The monoisotopic (exact) mass is 217 g/mol. The van der Waals surface area contributed by atoms with E-state index in [9.17, 15) is 16.8 Å². The van der Waals surface area contributed by atoms with Crippen LogP contribution >= 0.6 is 29.0 Å². The van der Waals surface area contributed by atoms with Crippen LogP contribution in [0.1, 0.15) is 0 Å². The van der Waals surface area contributed by atoms with E-state index in [1.54, 1.807) is 0 Å². The Kier molecular flexibility index (Phi) is 2.88. The molecular weight excluding hydrogens is 218 g/mol. The Morgan fingerprint density at radius 2 is 1.78 bits per heavy atom. The summed E-state index contributed by atoms with van der Waals surface area (Å²) in [7, 11) is -5.39. The Bertz CT molecular complexity index is 231. The summed E-state index contributed by atoms with van der Waals surface area (Å²) in [4.78, 5) is 0. The molecular formula is Cl2F2NO2PS. The third-order valence-corrected chi connectivity index (χ3v) is 2.82. The van der Waals surface area contributed by atoms with Gasteiger partial charge in [-0.2, -0.15) is 16.8 Å².